The van der Waals surface area contributed by atoms with Crippen molar-refractivity contribution in [1.29, 1.82) is 0 Å². The monoisotopic (exact) mass is 199 g/mol. The number of unbranched alkanes of at least 4 members (excludes halogenated alkanes) is 1. The lowest BCUT2D eigenvalue weighted by atomic mass is 10.2. The molecule has 2 N–H and O–H groups in total. The van der Waals surface area contributed by atoms with Gasteiger partial charge >= 0.3 is 5.97 Å². The number of carboxylic acids is 1. The summed E-state index contributed by atoms with van der Waals surface area (Å²) in [7, 11) is 0. The number of aliphatic carboxylic acids is 1. The first-order valence-electron chi connectivity index (χ1n) is 4.70. The largest absolute Gasteiger partial charge is 0.481 e. The zero-order chi connectivity index (χ0) is 11.0. The molecular formula is C10H17NO3. The van der Waals surface area contributed by atoms with Crippen LogP contribution >= 0.6 is 0 Å². The fourth-order valence-electron chi connectivity index (χ4n) is 0.916. The van der Waals surface area contributed by atoms with E-state index in [1.807, 2.05) is 19.9 Å². The second-order valence-corrected chi connectivity index (χ2v) is 3.12. The fraction of sp³-hybridized carbons (Fsp3) is 0.600. The Balaban J connectivity index is 3.50. The quantitative estimate of drug-likeness (QED) is 0.639. The molecule has 0 saturated carbocycles. The number of carbonyl (C=O) groups is 2. The predicted octanol–water partition coefficient (Wildman–Crippen LogP) is 1.67. The van der Waals surface area contributed by atoms with E-state index in [1.54, 1.807) is 0 Å². The lowest BCUT2D eigenvalue weighted by Gasteiger charge is -2.03. The van der Waals surface area contributed by atoms with Gasteiger partial charge in [0.2, 0.25) is 5.91 Å². The minimum Gasteiger partial charge on any atom is -0.481 e. The highest BCUT2D eigenvalue weighted by Crippen LogP contribution is 2.00. The van der Waals surface area contributed by atoms with Crippen molar-refractivity contribution in [3.05, 3.63) is 11.8 Å². The van der Waals surface area contributed by atoms with Gasteiger partial charge < -0.3 is 10.4 Å². The Hall–Kier alpha value is -1.32. The van der Waals surface area contributed by atoms with Crippen LogP contribution in [-0.2, 0) is 9.59 Å². The minimum atomic E-state index is -0.810. The van der Waals surface area contributed by atoms with E-state index in [-0.39, 0.29) is 12.3 Å². The average molecular weight is 199 g/mol. The Labute approximate surface area is 84.0 Å². The lowest BCUT2D eigenvalue weighted by molar-refractivity contribution is -0.137. The van der Waals surface area contributed by atoms with Gasteiger partial charge in [-0.15, -0.1) is 0 Å². The molecule has 14 heavy (non-hydrogen) atoms. The summed E-state index contributed by atoms with van der Waals surface area (Å²) < 4.78 is 0. The first-order valence-corrected chi connectivity index (χ1v) is 4.70. The topological polar surface area (TPSA) is 66.4 Å². The molecule has 0 spiro atoms. The summed E-state index contributed by atoms with van der Waals surface area (Å²) in [6.45, 7) is 3.66. The Kier molecular flexibility index (Phi) is 6.45. The van der Waals surface area contributed by atoms with Gasteiger partial charge in [-0.1, -0.05) is 6.08 Å². The molecule has 1 amide bonds. The molecule has 0 fully saturated rings. The molecule has 4 heteroatoms. The molecule has 0 rings (SSSR count). The first kappa shape index (κ1) is 12.7. The van der Waals surface area contributed by atoms with E-state index < -0.39 is 5.97 Å². The van der Waals surface area contributed by atoms with Crippen molar-refractivity contribution in [3.8, 4) is 0 Å². The van der Waals surface area contributed by atoms with Crippen molar-refractivity contribution in [2.75, 3.05) is 0 Å². The number of allylic oxidation sites excluding steroid dienone is 2. The normalized spacial score (nSPS) is 11.1. The van der Waals surface area contributed by atoms with Crippen LogP contribution in [0.3, 0.4) is 0 Å². The molecule has 0 aliphatic rings. The van der Waals surface area contributed by atoms with Crippen molar-refractivity contribution < 1.29 is 14.7 Å². The molecule has 0 aliphatic carbocycles. The lowest BCUT2D eigenvalue weighted by Crippen LogP contribution is -2.20. The zero-order valence-corrected chi connectivity index (χ0v) is 8.67. The van der Waals surface area contributed by atoms with Crippen molar-refractivity contribution >= 4 is 11.9 Å². The molecule has 80 valence electrons. The summed E-state index contributed by atoms with van der Waals surface area (Å²) in [6, 6.07) is 0. The number of carboxylic acid groups (broad SMARTS) is 1. The molecular weight excluding hydrogens is 182 g/mol. The van der Waals surface area contributed by atoms with E-state index in [1.165, 1.54) is 0 Å². The second kappa shape index (κ2) is 7.12. The number of nitrogens with one attached hydrogen (secondary N) is 1. The smallest absolute Gasteiger partial charge is 0.303 e. The maximum absolute atomic E-state index is 11.2. The van der Waals surface area contributed by atoms with Crippen LogP contribution in [0.15, 0.2) is 11.8 Å². The van der Waals surface area contributed by atoms with Crippen molar-refractivity contribution in [2.45, 2.75) is 39.5 Å². The third-order valence-corrected chi connectivity index (χ3v) is 1.81. The van der Waals surface area contributed by atoms with E-state index in [0.29, 0.717) is 19.3 Å². The van der Waals surface area contributed by atoms with Crippen LogP contribution in [0.5, 0.6) is 0 Å². The van der Waals surface area contributed by atoms with E-state index in [2.05, 4.69) is 5.32 Å². The van der Waals surface area contributed by atoms with Gasteiger partial charge in [0.15, 0.2) is 0 Å². The highest BCUT2D eigenvalue weighted by atomic mass is 16.4. The predicted molar refractivity (Wildman–Crippen MR) is 53.7 cm³/mol. The maximum Gasteiger partial charge on any atom is 0.303 e. The SMILES string of the molecule is C/C=C(\C)NC(=O)CCCCC(=O)O. The van der Waals surface area contributed by atoms with Crippen molar-refractivity contribution in [2.24, 2.45) is 0 Å². The number of hydrogen-bond acceptors (Lipinski definition) is 2. The van der Waals surface area contributed by atoms with Gasteiger partial charge in [0, 0.05) is 18.5 Å². The van der Waals surface area contributed by atoms with Crippen LogP contribution in [0.2, 0.25) is 0 Å². The summed E-state index contributed by atoms with van der Waals surface area (Å²) in [4.78, 5) is 21.3. The molecule has 4 nitrogen and oxygen atoms in total. The van der Waals surface area contributed by atoms with Gasteiger partial charge in [-0.2, -0.15) is 0 Å². The minimum absolute atomic E-state index is 0.0500. The molecule has 0 aromatic rings. The Morgan fingerprint density at radius 2 is 1.86 bits per heavy atom. The van der Waals surface area contributed by atoms with E-state index >= 15 is 0 Å². The Morgan fingerprint density at radius 3 is 2.36 bits per heavy atom. The van der Waals surface area contributed by atoms with Crippen LogP contribution in [0.25, 0.3) is 0 Å². The molecule has 0 radical (unpaired) electrons. The molecule has 0 aromatic heterocycles. The maximum atomic E-state index is 11.2. The number of carbonyl (C=O) groups excluding carboxylic acids is 1. The second-order valence-electron chi connectivity index (χ2n) is 3.12. The van der Waals surface area contributed by atoms with Gasteiger partial charge in [0.05, 0.1) is 0 Å². The van der Waals surface area contributed by atoms with Crippen LogP contribution < -0.4 is 5.32 Å². The van der Waals surface area contributed by atoms with Crippen LogP contribution in [0.4, 0.5) is 0 Å². The molecule has 0 unspecified atom stereocenters. The van der Waals surface area contributed by atoms with Gasteiger partial charge in [0.1, 0.15) is 0 Å². The first-order chi connectivity index (χ1) is 6.56. The highest BCUT2D eigenvalue weighted by molar-refractivity contribution is 5.77. The number of amides is 1. The Morgan fingerprint density at radius 1 is 1.29 bits per heavy atom. The van der Waals surface area contributed by atoms with Gasteiger partial charge in [0.25, 0.3) is 0 Å². The van der Waals surface area contributed by atoms with Gasteiger partial charge in [-0.3, -0.25) is 9.59 Å². The third kappa shape index (κ3) is 7.34. The summed E-state index contributed by atoms with van der Waals surface area (Å²) in [5.41, 5.74) is 0.827. The summed E-state index contributed by atoms with van der Waals surface area (Å²) >= 11 is 0. The molecule has 0 aliphatic heterocycles. The van der Waals surface area contributed by atoms with Crippen LogP contribution in [-0.4, -0.2) is 17.0 Å². The summed E-state index contributed by atoms with van der Waals surface area (Å²) in [5.74, 6) is -0.860. The summed E-state index contributed by atoms with van der Waals surface area (Å²) in [6.07, 6.45) is 3.51. The standard InChI is InChI=1S/C10H17NO3/c1-3-8(2)11-9(12)6-4-5-7-10(13)14/h3H,4-7H2,1-2H3,(H,11,12)(H,13,14)/b8-3+. The van der Waals surface area contributed by atoms with Gasteiger partial charge in [-0.05, 0) is 26.7 Å². The van der Waals surface area contributed by atoms with Crippen LogP contribution in [0, 0.1) is 0 Å². The van der Waals surface area contributed by atoms with E-state index in [4.69, 9.17) is 5.11 Å². The zero-order valence-electron chi connectivity index (χ0n) is 8.67. The molecule has 0 bridgehead atoms. The van der Waals surface area contributed by atoms with Gasteiger partial charge in [-0.25, -0.2) is 0 Å². The Bertz CT molecular complexity index is 234. The number of hydrogen-bond donors (Lipinski definition) is 2. The molecule has 0 aromatic carbocycles. The van der Waals surface area contributed by atoms with Crippen molar-refractivity contribution in [3.63, 3.8) is 0 Å². The fourth-order valence-corrected chi connectivity index (χ4v) is 0.916. The molecule has 0 heterocycles. The van der Waals surface area contributed by atoms with Crippen molar-refractivity contribution in [1.82, 2.24) is 5.32 Å². The van der Waals surface area contributed by atoms with E-state index in [0.717, 1.165) is 5.70 Å². The third-order valence-electron chi connectivity index (χ3n) is 1.81. The molecule has 0 atom stereocenters. The molecule has 0 saturated heterocycles. The average Bonchev–Trinajstić information content (AvgIpc) is 2.12. The number of rotatable bonds is 6. The van der Waals surface area contributed by atoms with Crippen LogP contribution in [0.1, 0.15) is 39.5 Å². The summed E-state index contributed by atoms with van der Waals surface area (Å²) in [5, 5.41) is 11.0. The highest BCUT2D eigenvalue weighted by Gasteiger charge is 2.02. The van der Waals surface area contributed by atoms with E-state index in [9.17, 15) is 9.59 Å².